The molecule has 6 heteroatoms. The van der Waals surface area contributed by atoms with E-state index in [9.17, 15) is 8.42 Å². The summed E-state index contributed by atoms with van der Waals surface area (Å²) in [6.07, 6.45) is 3.41. The molecule has 2 aromatic rings. The lowest BCUT2D eigenvalue weighted by atomic mass is 10.1. The predicted molar refractivity (Wildman–Crippen MR) is 79.9 cm³/mol. The number of hydrogen-bond donors (Lipinski definition) is 2. The standard InChI is InChI=1S/C14H17N3O2S/c1-2-3-11-4-6-12(7-5-11)17-20(18,19)13-8-9-16-14(15)10-13/h4-10,17H,2-3H2,1H3,(H2,15,16). The van der Waals surface area contributed by atoms with Crippen LogP contribution in [0.15, 0.2) is 47.5 Å². The number of nitrogens with zero attached hydrogens (tertiary/aromatic N) is 1. The molecule has 1 aromatic carbocycles. The highest BCUT2D eigenvalue weighted by Gasteiger charge is 2.14. The Bertz CT molecular complexity index is 682. The first kappa shape index (κ1) is 14.3. The molecule has 0 saturated carbocycles. The Kier molecular flexibility index (Phi) is 4.24. The van der Waals surface area contributed by atoms with Crippen molar-refractivity contribution < 1.29 is 8.42 Å². The highest BCUT2D eigenvalue weighted by Crippen LogP contribution is 2.17. The van der Waals surface area contributed by atoms with Crippen LogP contribution in [0.3, 0.4) is 0 Å². The monoisotopic (exact) mass is 291 g/mol. The molecule has 0 bridgehead atoms. The zero-order valence-electron chi connectivity index (χ0n) is 11.2. The molecule has 106 valence electrons. The summed E-state index contributed by atoms with van der Waals surface area (Å²) in [4.78, 5) is 3.88. The summed E-state index contributed by atoms with van der Waals surface area (Å²) in [5.41, 5.74) is 7.21. The van der Waals surface area contributed by atoms with Gasteiger partial charge >= 0.3 is 0 Å². The number of aryl methyl sites for hydroxylation is 1. The highest BCUT2D eigenvalue weighted by molar-refractivity contribution is 7.92. The molecule has 2 rings (SSSR count). The van der Waals surface area contributed by atoms with E-state index in [1.165, 1.54) is 23.9 Å². The second-order valence-electron chi connectivity index (χ2n) is 4.47. The van der Waals surface area contributed by atoms with Crippen LogP contribution in [-0.4, -0.2) is 13.4 Å². The van der Waals surface area contributed by atoms with Gasteiger partial charge in [0.05, 0.1) is 4.90 Å². The van der Waals surface area contributed by atoms with E-state index in [-0.39, 0.29) is 10.7 Å². The van der Waals surface area contributed by atoms with E-state index < -0.39 is 10.0 Å². The van der Waals surface area contributed by atoms with Gasteiger partial charge < -0.3 is 5.73 Å². The van der Waals surface area contributed by atoms with Gasteiger partial charge in [-0.15, -0.1) is 0 Å². The van der Waals surface area contributed by atoms with Crippen LogP contribution < -0.4 is 10.5 Å². The van der Waals surface area contributed by atoms with Gasteiger partial charge in [0, 0.05) is 18.0 Å². The number of rotatable bonds is 5. The van der Waals surface area contributed by atoms with Crippen molar-refractivity contribution in [1.82, 2.24) is 4.98 Å². The number of aromatic nitrogens is 1. The summed E-state index contributed by atoms with van der Waals surface area (Å²) in [6, 6.07) is 10.1. The molecule has 0 fully saturated rings. The lowest BCUT2D eigenvalue weighted by molar-refractivity contribution is 0.601. The summed E-state index contributed by atoms with van der Waals surface area (Å²) in [7, 11) is -3.63. The van der Waals surface area contributed by atoms with Crippen molar-refractivity contribution in [2.45, 2.75) is 24.7 Å². The molecule has 0 spiro atoms. The normalized spacial score (nSPS) is 11.2. The van der Waals surface area contributed by atoms with Crippen LogP contribution in [0.25, 0.3) is 0 Å². The van der Waals surface area contributed by atoms with Gasteiger partial charge in [-0.25, -0.2) is 13.4 Å². The number of sulfonamides is 1. The smallest absolute Gasteiger partial charge is 0.262 e. The minimum Gasteiger partial charge on any atom is -0.384 e. The van der Waals surface area contributed by atoms with Gasteiger partial charge in [-0.3, -0.25) is 4.72 Å². The van der Waals surface area contributed by atoms with Crippen LogP contribution in [0.2, 0.25) is 0 Å². The molecule has 0 aliphatic heterocycles. The molecular weight excluding hydrogens is 274 g/mol. The van der Waals surface area contributed by atoms with Gasteiger partial charge in [0.1, 0.15) is 5.82 Å². The van der Waals surface area contributed by atoms with Crippen LogP contribution >= 0.6 is 0 Å². The molecule has 0 atom stereocenters. The number of benzene rings is 1. The Morgan fingerprint density at radius 1 is 1.20 bits per heavy atom. The van der Waals surface area contributed by atoms with Crippen molar-refractivity contribution in [3.8, 4) is 0 Å². The van der Waals surface area contributed by atoms with E-state index in [1.807, 2.05) is 12.1 Å². The largest absolute Gasteiger partial charge is 0.384 e. The number of nitrogens with two attached hydrogens (primary N) is 1. The van der Waals surface area contributed by atoms with Crippen molar-refractivity contribution in [2.75, 3.05) is 10.5 Å². The van der Waals surface area contributed by atoms with Crippen LogP contribution in [0, 0.1) is 0 Å². The molecule has 0 aliphatic rings. The zero-order valence-corrected chi connectivity index (χ0v) is 12.0. The van der Waals surface area contributed by atoms with Gasteiger partial charge in [0.25, 0.3) is 10.0 Å². The Morgan fingerprint density at radius 3 is 2.50 bits per heavy atom. The third kappa shape index (κ3) is 3.48. The fourth-order valence-corrected chi connectivity index (χ4v) is 2.92. The van der Waals surface area contributed by atoms with E-state index in [0.717, 1.165) is 12.8 Å². The topological polar surface area (TPSA) is 85.1 Å². The predicted octanol–water partition coefficient (Wildman–Crippen LogP) is 2.42. The molecule has 5 nitrogen and oxygen atoms in total. The van der Waals surface area contributed by atoms with E-state index in [4.69, 9.17) is 5.73 Å². The molecule has 1 heterocycles. The van der Waals surface area contributed by atoms with E-state index in [0.29, 0.717) is 5.69 Å². The minimum atomic E-state index is -3.63. The van der Waals surface area contributed by atoms with Crippen molar-refractivity contribution in [3.63, 3.8) is 0 Å². The second-order valence-corrected chi connectivity index (χ2v) is 6.15. The van der Waals surface area contributed by atoms with E-state index >= 15 is 0 Å². The van der Waals surface area contributed by atoms with Crippen LogP contribution in [0.1, 0.15) is 18.9 Å². The van der Waals surface area contributed by atoms with Gasteiger partial charge in [-0.2, -0.15) is 0 Å². The van der Waals surface area contributed by atoms with Crippen LogP contribution in [-0.2, 0) is 16.4 Å². The minimum absolute atomic E-state index is 0.0997. The lowest BCUT2D eigenvalue weighted by Gasteiger charge is -2.09. The summed E-state index contributed by atoms with van der Waals surface area (Å²) in [6.45, 7) is 2.10. The summed E-state index contributed by atoms with van der Waals surface area (Å²) >= 11 is 0. The van der Waals surface area contributed by atoms with E-state index in [1.54, 1.807) is 12.1 Å². The number of nitrogen functional groups attached to an aromatic ring is 1. The number of anilines is 2. The van der Waals surface area contributed by atoms with Crippen LogP contribution in [0.5, 0.6) is 0 Å². The Morgan fingerprint density at radius 2 is 1.90 bits per heavy atom. The molecule has 0 amide bonds. The summed E-state index contributed by atoms with van der Waals surface area (Å²) < 4.78 is 26.9. The quantitative estimate of drug-likeness (QED) is 0.886. The first-order valence-corrected chi connectivity index (χ1v) is 7.83. The third-order valence-corrected chi connectivity index (χ3v) is 4.19. The molecule has 0 unspecified atom stereocenters. The molecular formula is C14H17N3O2S. The maximum Gasteiger partial charge on any atom is 0.262 e. The fourth-order valence-electron chi connectivity index (χ4n) is 1.84. The van der Waals surface area contributed by atoms with Crippen molar-refractivity contribution in [3.05, 3.63) is 48.2 Å². The van der Waals surface area contributed by atoms with Crippen LogP contribution in [0.4, 0.5) is 11.5 Å². The second kappa shape index (κ2) is 5.92. The Hall–Kier alpha value is -2.08. The number of nitrogens with one attached hydrogen (secondary N) is 1. The first-order valence-electron chi connectivity index (χ1n) is 6.34. The van der Waals surface area contributed by atoms with Gasteiger partial charge in [0.2, 0.25) is 0 Å². The third-order valence-electron chi connectivity index (χ3n) is 2.81. The molecule has 1 aromatic heterocycles. The molecule has 20 heavy (non-hydrogen) atoms. The SMILES string of the molecule is CCCc1ccc(NS(=O)(=O)c2ccnc(N)c2)cc1. The fraction of sp³-hybridized carbons (Fsp3) is 0.214. The molecule has 3 N–H and O–H groups in total. The van der Waals surface area contributed by atoms with Crippen molar-refractivity contribution in [1.29, 1.82) is 0 Å². The summed E-state index contributed by atoms with van der Waals surface area (Å²) in [5, 5.41) is 0. The van der Waals surface area contributed by atoms with Gasteiger partial charge in [0.15, 0.2) is 0 Å². The van der Waals surface area contributed by atoms with Crippen molar-refractivity contribution >= 4 is 21.5 Å². The van der Waals surface area contributed by atoms with Crippen molar-refractivity contribution in [2.24, 2.45) is 0 Å². The van der Waals surface area contributed by atoms with E-state index in [2.05, 4.69) is 16.6 Å². The first-order chi connectivity index (χ1) is 9.51. The zero-order chi connectivity index (χ0) is 14.6. The van der Waals surface area contributed by atoms with Gasteiger partial charge in [-0.05, 0) is 30.2 Å². The van der Waals surface area contributed by atoms with Gasteiger partial charge in [-0.1, -0.05) is 25.5 Å². The molecule has 0 radical (unpaired) electrons. The maximum atomic E-state index is 12.2. The number of pyridine rings is 1. The summed E-state index contributed by atoms with van der Waals surface area (Å²) in [5.74, 6) is 0.172. The molecule has 0 saturated heterocycles. The average Bonchev–Trinajstić information content (AvgIpc) is 2.41. The maximum absolute atomic E-state index is 12.2. The lowest BCUT2D eigenvalue weighted by Crippen LogP contribution is -2.13. The highest BCUT2D eigenvalue weighted by atomic mass is 32.2. The average molecular weight is 291 g/mol. The number of hydrogen-bond acceptors (Lipinski definition) is 4. The Balaban J connectivity index is 2.20. The molecule has 0 aliphatic carbocycles. The Labute approximate surface area is 118 Å².